The van der Waals surface area contributed by atoms with E-state index in [1.54, 1.807) is 6.20 Å². The van der Waals surface area contributed by atoms with Gasteiger partial charge in [0.2, 0.25) is 7.29 Å². The molecule has 1 unspecified atom stereocenters. The van der Waals surface area contributed by atoms with E-state index in [0.29, 0.717) is 17.7 Å². The number of hydrogen-bond donors (Lipinski definition) is 1. The smallest absolute Gasteiger partial charge is 0.230 e. The van der Waals surface area contributed by atoms with Gasteiger partial charge in [-0.2, -0.15) is 0 Å². The number of hydrogen-bond acceptors (Lipinski definition) is 3. The average Bonchev–Trinajstić information content (AvgIpc) is 2.78. The molecule has 1 atom stereocenters. The summed E-state index contributed by atoms with van der Waals surface area (Å²) in [5.74, 6) is 0.641. The fourth-order valence-corrected chi connectivity index (χ4v) is 5.70. The highest BCUT2D eigenvalue weighted by Crippen LogP contribution is 2.47. The van der Waals surface area contributed by atoms with Crippen LogP contribution in [-0.2, 0) is 4.57 Å². The first-order chi connectivity index (χ1) is 14.2. The summed E-state index contributed by atoms with van der Waals surface area (Å²) in [5.41, 5.74) is 1.53. The fraction of sp³-hybridized carbons (Fsp3) is 0.125. The third-order valence-corrected chi connectivity index (χ3v) is 7.33. The predicted octanol–water partition coefficient (Wildman–Crippen LogP) is 5.36. The molecule has 0 aliphatic heterocycles. The molecule has 146 valence electrons. The van der Waals surface area contributed by atoms with Crippen LogP contribution in [0.5, 0.6) is 5.75 Å². The first kappa shape index (κ1) is 19.2. The van der Waals surface area contributed by atoms with Gasteiger partial charge in [-0.3, -0.25) is 9.55 Å². The highest BCUT2D eigenvalue weighted by atomic mass is 31.2. The Morgan fingerprint density at radius 2 is 1.66 bits per heavy atom. The van der Waals surface area contributed by atoms with Crippen molar-refractivity contribution in [2.45, 2.75) is 13.3 Å². The molecule has 0 aliphatic carbocycles. The maximum atomic E-state index is 14.6. The standard InChI is InChI=1S/C24H23N2O2P/c1-2-18-28-22-15-6-7-16-23(22)29(27,20-12-4-3-5-13-20)26-21-14-8-10-19-11-9-17-25-24(19)21/h3-17H,2,18H2,1H3,(H,26,27). The summed E-state index contributed by atoms with van der Waals surface area (Å²) in [5, 5.41) is 5.74. The van der Waals surface area contributed by atoms with E-state index in [1.807, 2.05) is 84.9 Å². The lowest BCUT2D eigenvalue weighted by Crippen LogP contribution is -2.23. The first-order valence-corrected chi connectivity index (χ1v) is 11.4. The van der Waals surface area contributed by atoms with Gasteiger partial charge in [-0.1, -0.05) is 55.5 Å². The van der Waals surface area contributed by atoms with Gasteiger partial charge in [0.15, 0.2) is 0 Å². The molecule has 0 radical (unpaired) electrons. The Morgan fingerprint density at radius 3 is 2.48 bits per heavy atom. The summed E-state index contributed by atoms with van der Waals surface area (Å²) in [6.45, 7) is 2.63. The number of rotatable bonds is 7. The van der Waals surface area contributed by atoms with Crippen LogP contribution in [0.25, 0.3) is 10.9 Å². The molecular weight excluding hydrogens is 379 g/mol. The van der Waals surface area contributed by atoms with Crippen molar-refractivity contribution < 1.29 is 9.30 Å². The molecule has 0 aliphatic rings. The van der Waals surface area contributed by atoms with Gasteiger partial charge in [-0.05, 0) is 42.8 Å². The Kier molecular flexibility index (Phi) is 5.64. The van der Waals surface area contributed by atoms with Gasteiger partial charge in [0.05, 0.1) is 23.1 Å². The van der Waals surface area contributed by atoms with Crippen LogP contribution in [0.3, 0.4) is 0 Å². The number of ether oxygens (including phenoxy) is 1. The van der Waals surface area contributed by atoms with Crippen LogP contribution in [-0.4, -0.2) is 11.6 Å². The average molecular weight is 402 g/mol. The van der Waals surface area contributed by atoms with E-state index in [-0.39, 0.29) is 0 Å². The van der Waals surface area contributed by atoms with E-state index in [2.05, 4.69) is 17.0 Å². The van der Waals surface area contributed by atoms with Gasteiger partial charge < -0.3 is 9.82 Å². The maximum Gasteiger partial charge on any atom is 0.230 e. The Bertz CT molecular complexity index is 1160. The quantitative estimate of drug-likeness (QED) is 0.423. The van der Waals surface area contributed by atoms with Crippen molar-refractivity contribution in [2.75, 3.05) is 11.7 Å². The Morgan fingerprint density at radius 1 is 0.897 bits per heavy atom. The van der Waals surface area contributed by atoms with E-state index >= 15 is 0 Å². The van der Waals surface area contributed by atoms with Gasteiger partial charge in [0.25, 0.3) is 0 Å². The molecule has 0 amide bonds. The Balaban J connectivity index is 1.88. The lowest BCUT2D eigenvalue weighted by molar-refractivity contribution is 0.320. The number of anilines is 1. The first-order valence-electron chi connectivity index (χ1n) is 9.72. The molecule has 0 bridgehead atoms. The molecule has 4 rings (SSSR count). The van der Waals surface area contributed by atoms with Crippen molar-refractivity contribution in [3.8, 4) is 5.75 Å². The predicted molar refractivity (Wildman–Crippen MR) is 121 cm³/mol. The third-order valence-electron chi connectivity index (χ3n) is 4.70. The summed E-state index contributed by atoms with van der Waals surface area (Å²) in [6.07, 6.45) is 2.63. The van der Waals surface area contributed by atoms with Crippen LogP contribution in [0.1, 0.15) is 13.3 Å². The zero-order chi connectivity index (χ0) is 20.1. The van der Waals surface area contributed by atoms with Crippen molar-refractivity contribution in [3.05, 3.63) is 91.1 Å². The minimum atomic E-state index is -3.24. The lowest BCUT2D eigenvalue weighted by Gasteiger charge is -2.24. The molecule has 4 aromatic rings. The van der Waals surface area contributed by atoms with Crippen LogP contribution >= 0.6 is 7.29 Å². The van der Waals surface area contributed by atoms with Gasteiger partial charge in [0.1, 0.15) is 5.75 Å². The number of aromatic nitrogens is 1. The van der Waals surface area contributed by atoms with Crippen molar-refractivity contribution in [1.82, 2.24) is 4.98 Å². The molecule has 1 N–H and O–H groups in total. The molecule has 5 heteroatoms. The van der Waals surface area contributed by atoms with E-state index in [4.69, 9.17) is 4.74 Å². The second kappa shape index (κ2) is 8.50. The van der Waals surface area contributed by atoms with Crippen LogP contribution in [0.15, 0.2) is 91.1 Å². The number of nitrogens with zero attached hydrogens (tertiary/aromatic N) is 1. The molecule has 29 heavy (non-hydrogen) atoms. The topological polar surface area (TPSA) is 51.2 Å². The van der Waals surface area contributed by atoms with Crippen molar-refractivity contribution in [1.29, 1.82) is 0 Å². The van der Waals surface area contributed by atoms with Crippen LogP contribution in [0.4, 0.5) is 5.69 Å². The second-order valence-corrected chi connectivity index (χ2v) is 9.19. The van der Waals surface area contributed by atoms with E-state index in [0.717, 1.165) is 28.3 Å². The third kappa shape index (κ3) is 3.90. The van der Waals surface area contributed by atoms with Gasteiger partial charge in [-0.25, -0.2) is 0 Å². The zero-order valence-electron chi connectivity index (χ0n) is 16.3. The van der Waals surface area contributed by atoms with E-state index in [9.17, 15) is 4.57 Å². The number of fused-ring (bicyclic) bond motifs is 1. The molecule has 1 heterocycles. The molecule has 4 nitrogen and oxygen atoms in total. The van der Waals surface area contributed by atoms with Crippen LogP contribution in [0, 0.1) is 0 Å². The summed E-state index contributed by atoms with van der Waals surface area (Å²) < 4.78 is 20.5. The number of para-hydroxylation sites is 2. The molecular formula is C24H23N2O2P. The zero-order valence-corrected chi connectivity index (χ0v) is 17.2. The molecule has 0 spiro atoms. The highest BCUT2D eigenvalue weighted by molar-refractivity contribution is 7.80. The minimum Gasteiger partial charge on any atom is -0.493 e. The normalized spacial score (nSPS) is 13.0. The van der Waals surface area contributed by atoms with Gasteiger partial charge >= 0.3 is 0 Å². The van der Waals surface area contributed by atoms with Gasteiger partial charge in [0, 0.05) is 16.9 Å². The van der Waals surface area contributed by atoms with Crippen LogP contribution in [0.2, 0.25) is 0 Å². The second-order valence-electron chi connectivity index (χ2n) is 6.75. The molecule has 0 saturated carbocycles. The molecule has 0 saturated heterocycles. The van der Waals surface area contributed by atoms with Crippen molar-refractivity contribution in [2.24, 2.45) is 0 Å². The summed E-state index contributed by atoms with van der Waals surface area (Å²) in [7, 11) is -3.24. The van der Waals surface area contributed by atoms with Crippen LogP contribution < -0.4 is 20.4 Å². The van der Waals surface area contributed by atoms with E-state index < -0.39 is 7.29 Å². The Hall–Kier alpha value is -3.10. The van der Waals surface area contributed by atoms with Crippen molar-refractivity contribution >= 4 is 34.5 Å². The molecule has 1 aromatic heterocycles. The molecule has 0 fully saturated rings. The lowest BCUT2D eigenvalue weighted by atomic mass is 10.2. The van der Waals surface area contributed by atoms with E-state index in [1.165, 1.54) is 0 Å². The number of nitrogens with one attached hydrogen (secondary N) is 1. The SMILES string of the molecule is CCCOc1ccccc1P(=O)(Nc1cccc2cccnc12)c1ccccc1. The summed E-state index contributed by atoms with van der Waals surface area (Å²) >= 11 is 0. The summed E-state index contributed by atoms with van der Waals surface area (Å²) in [4.78, 5) is 4.51. The summed E-state index contributed by atoms with van der Waals surface area (Å²) in [6, 6.07) is 26.8. The minimum absolute atomic E-state index is 0.571. The Labute approximate surface area is 171 Å². The fourth-order valence-electron chi connectivity index (χ4n) is 3.32. The molecule has 3 aromatic carbocycles. The van der Waals surface area contributed by atoms with Gasteiger partial charge in [-0.15, -0.1) is 0 Å². The van der Waals surface area contributed by atoms with Crippen molar-refractivity contribution in [3.63, 3.8) is 0 Å². The largest absolute Gasteiger partial charge is 0.493 e. The maximum absolute atomic E-state index is 14.6. The number of pyridine rings is 1. The highest BCUT2D eigenvalue weighted by Gasteiger charge is 2.31. The number of benzene rings is 3. The monoisotopic (exact) mass is 402 g/mol.